The van der Waals surface area contributed by atoms with E-state index in [0.717, 1.165) is 101 Å². The number of ether oxygens (including phenoxy) is 2. The maximum absolute atomic E-state index is 13.1. The highest BCUT2D eigenvalue weighted by molar-refractivity contribution is 5.99. The SMILES string of the molecule is COc1cc(NC(=O)C(C)c2cc(C(F)(F)F)cc(C(F)(F)F)c2)ccc1-c1ccnc(C)c1.COc1cc(NC(=O)C(C)c2ccc(N)cc2)ccc1-c1ccnc(C)c1.Cc1cc(-c2ccc(NC(=O)C(C)c3ccc(NC(C)C)cc3)cc2)ccn1.Cc1cc(-c2ccc(NC(=O)[C@@H](C)c3ccc(NC(C)C)cc3)cc2)ccn1. The van der Waals surface area contributed by atoms with Crippen LogP contribution in [0.3, 0.4) is 0 Å². The van der Waals surface area contributed by atoms with Crippen molar-refractivity contribution in [2.45, 2.75) is 131 Å². The van der Waals surface area contributed by atoms with Crippen molar-refractivity contribution in [2.24, 2.45) is 0 Å². The number of hydrogen-bond donors (Lipinski definition) is 7. The Hall–Kier alpha value is -13.2. The lowest BCUT2D eigenvalue weighted by Gasteiger charge is -2.18. The Morgan fingerprint density at radius 3 is 0.889 bits per heavy atom. The first kappa shape index (κ1) is 87.8. The fraction of sp³-hybridized carbons (Fsp3) is 0.234. The maximum atomic E-state index is 13.1. The molecule has 12 rings (SSSR count). The summed E-state index contributed by atoms with van der Waals surface area (Å²) in [5.74, 6) is -1.83. The highest BCUT2D eigenvalue weighted by atomic mass is 19.4. The number of carbonyl (C=O) groups is 4. The second kappa shape index (κ2) is 40.2. The molecule has 8 aromatic carbocycles. The number of halogens is 6. The van der Waals surface area contributed by atoms with E-state index in [2.05, 4.69) is 79.5 Å². The van der Waals surface area contributed by atoms with Crippen LogP contribution in [0.5, 0.6) is 11.5 Å². The van der Waals surface area contributed by atoms with Gasteiger partial charge in [0.1, 0.15) is 11.5 Å². The molecule has 4 aromatic heterocycles. The minimum absolute atomic E-state index is 0.0166. The van der Waals surface area contributed by atoms with Gasteiger partial charge in [-0.05, 0) is 290 Å². The van der Waals surface area contributed by atoms with Gasteiger partial charge in [-0.15, -0.1) is 0 Å². The summed E-state index contributed by atoms with van der Waals surface area (Å²) in [6, 6.07) is 67.1. The summed E-state index contributed by atoms with van der Waals surface area (Å²) in [5.41, 5.74) is 22.2. The second-order valence-corrected chi connectivity index (χ2v) is 28.9. The van der Waals surface area contributed by atoms with Crippen molar-refractivity contribution in [3.05, 3.63) is 305 Å². The number of methoxy groups -OCH3 is 2. The number of alkyl halides is 6. The Bertz CT molecular complexity index is 5160. The number of nitrogen functional groups attached to an aromatic ring is 1. The minimum Gasteiger partial charge on any atom is -0.496 e. The van der Waals surface area contributed by atoms with Gasteiger partial charge in [-0.1, -0.05) is 60.7 Å². The standard InChI is InChI=1S/C24H20F6N2O2.2C24H27N3O.C22H23N3O2/c1-13-8-15(6-7-31-13)20-5-4-19(12-21(20)34-3)32-22(33)14(2)16-9-17(23(25,26)27)11-18(10-16)24(28,29)30;2*1-16(2)26-22-9-5-19(6-10-22)18(4)24(28)27-23-11-7-20(8-12-23)21-13-14-25-17(3)15-21;1-14-12-17(10-11-24-14)20-9-8-19(13-21(20)27-3)25-22(26)15(2)16-4-6-18(23)7-5-16/h4-12,14H,1-3H3,(H,32,33);2*5-16,18,26H,1-4H3,(H,27,28);4-13,15H,23H2,1-3H3,(H,25,26)/t;18-;;/m.0../s1. The maximum Gasteiger partial charge on any atom is 0.416 e. The fourth-order valence-electron chi connectivity index (χ4n) is 12.4. The van der Waals surface area contributed by atoms with Crippen LogP contribution in [-0.4, -0.2) is 69.9 Å². The first-order valence-corrected chi connectivity index (χ1v) is 38.0. The highest BCUT2D eigenvalue weighted by Gasteiger charge is 2.38. The van der Waals surface area contributed by atoms with E-state index in [-0.39, 0.29) is 47.2 Å². The van der Waals surface area contributed by atoms with E-state index in [1.165, 1.54) is 20.1 Å². The summed E-state index contributed by atoms with van der Waals surface area (Å²) in [6.07, 6.45) is -2.98. The Labute approximate surface area is 679 Å². The average Bonchev–Trinajstić information content (AvgIpc) is 0.794. The molecule has 4 heterocycles. The van der Waals surface area contributed by atoms with Gasteiger partial charge in [-0.3, -0.25) is 39.1 Å². The molecule has 0 aliphatic heterocycles. The summed E-state index contributed by atoms with van der Waals surface area (Å²) in [7, 11) is 3.05. The zero-order valence-electron chi connectivity index (χ0n) is 67.7. The molecule has 12 aromatic rings. The van der Waals surface area contributed by atoms with Gasteiger partial charge < -0.3 is 47.1 Å². The number of nitrogens with two attached hydrogens (primary N) is 1. The van der Waals surface area contributed by atoms with Crippen molar-refractivity contribution >= 4 is 63.4 Å². The molecule has 3 unspecified atom stereocenters. The van der Waals surface area contributed by atoms with E-state index in [1.807, 2.05) is 231 Å². The molecule has 0 bridgehead atoms. The largest absolute Gasteiger partial charge is 0.496 e. The highest BCUT2D eigenvalue weighted by Crippen LogP contribution is 2.40. The van der Waals surface area contributed by atoms with Gasteiger partial charge >= 0.3 is 12.4 Å². The summed E-state index contributed by atoms with van der Waals surface area (Å²) >= 11 is 0. The zero-order valence-corrected chi connectivity index (χ0v) is 67.7. The summed E-state index contributed by atoms with van der Waals surface area (Å²) in [4.78, 5) is 67.4. The number of anilines is 7. The lowest BCUT2D eigenvalue weighted by atomic mass is 9.95. The number of amides is 4. The molecule has 4 atom stereocenters. The number of aryl methyl sites for hydroxylation is 4. The molecule has 0 saturated heterocycles. The monoisotopic (exact) mass is 1590 g/mol. The number of nitrogens with zero attached hydrogens (tertiary/aromatic N) is 4. The molecule has 0 aliphatic rings. The molecule has 0 aliphatic carbocycles. The van der Waals surface area contributed by atoms with Crippen molar-refractivity contribution in [1.29, 1.82) is 0 Å². The van der Waals surface area contributed by atoms with Gasteiger partial charge in [-0.2, -0.15) is 26.3 Å². The lowest BCUT2D eigenvalue weighted by Crippen LogP contribution is -2.20. The molecule has 0 spiro atoms. The predicted octanol–water partition coefficient (Wildman–Crippen LogP) is 22.5. The predicted molar refractivity (Wildman–Crippen MR) is 457 cm³/mol. The Morgan fingerprint density at radius 2 is 0.590 bits per heavy atom. The topological polar surface area (TPSA) is 236 Å². The quantitative estimate of drug-likeness (QED) is 0.0247. The van der Waals surface area contributed by atoms with Crippen molar-refractivity contribution in [3.8, 4) is 56.0 Å². The van der Waals surface area contributed by atoms with E-state index >= 15 is 0 Å². The minimum atomic E-state index is -5.00. The third-order valence-electron chi connectivity index (χ3n) is 19.0. The molecule has 0 fully saturated rings. The van der Waals surface area contributed by atoms with Crippen LogP contribution >= 0.6 is 0 Å². The number of benzene rings is 8. The van der Waals surface area contributed by atoms with Crippen LogP contribution in [0.15, 0.2) is 249 Å². The van der Waals surface area contributed by atoms with Gasteiger partial charge in [0.2, 0.25) is 23.6 Å². The average molecular weight is 1590 g/mol. The summed E-state index contributed by atoms with van der Waals surface area (Å²) in [6.45, 7) is 23.1. The van der Waals surface area contributed by atoms with Crippen LogP contribution in [0.25, 0.3) is 44.5 Å². The van der Waals surface area contributed by atoms with Gasteiger partial charge in [0.25, 0.3) is 0 Å². The molecule has 0 saturated carbocycles. The van der Waals surface area contributed by atoms with E-state index in [0.29, 0.717) is 52.7 Å². The fourth-order valence-corrected chi connectivity index (χ4v) is 12.4. The van der Waals surface area contributed by atoms with Gasteiger partial charge in [0.05, 0.1) is 49.0 Å². The van der Waals surface area contributed by atoms with Crippen molar-refractivity contribution < 1.29 is 55.0 Å². The second-order valence-electron chi connectivity index (χ2n) is 28.9. The van der Waals surface area contributed by atoms with Crippen LogP contribution in [0.4, 0.5) is 66.2 Å². The zero-order chi connectivity index (χ0) is 84.8. The number of aromatic nitrogens is 4. The third-order valence-corrected chi connectivity index (χ3v) is 19.0. The smallest absolute Gasteiger partial charge is 0.416 e. The molecule has 8 N–H and O–H groups in total. The van der Waals surface area contributed by atoms with Crippen LogP contribution in [0.2, 0.25) is 0 Å². The first-order valence-electron chi connectivity index (χ1n) is 38.0. The molecule has 606 valence electrons. The van der Waals surface area contributed by atoms with Crippen molar-refractivity contribution in [2.75, 3.05) is 51.9 Å². The summed E-state index contributed by atoms with van der Waals surface area (Å²) in [5, 5.41) is 18.2. The van der Waals surface area contributed by atoms with E-state index in [4.69, 9.17) is 15.2 Å². The Morgan fingerprint density at radius 1 is 0.316 bits per heavy atom. The van der Waals surface area contributed by atoms with E-state index in [1.54, 1.807) is 49.8 Å². The van der Waals surface area contributed by atoms with Crippen molar-refractivity contribution in [1.82, 2.24) is 19.9 Å². The Kier molecular flexibility index (Phi) is 30.2. The number of hydrogen-bond acceptors (Lipinski definition) is 13. The van der Waals surface area contributed by atoms with Crippen LogP contribution in [0.1, 0.15) is 135 Å². The molecule has 117 heavy (non-hydrogen) atoms. The number of pyridine rings is 4. The van der Waals surface area contributed by atoms with Gasteiger partial charge in [0.15, 0.2) is 0 Å². The lowest BCUT2D eigenvalue weighted by molar-refractivity contribution is -0.143. The van der Waals surface area contributed by atoms with Crippen LogP contribution < -0.4 is 47.1 Å². The molecule has 4 amide bonds. The number of rotatable bonds is 22. The molecule has 23 heteroatoms. The molecule has 0 radical (unpaired) electrons. The van der Waals surface area contributed by atoms with Crippen LogP contribution in [0, 0.1) is 27.7 Å². The first-order chi connectivity index (χ1) is 55.6. The van der Waals surface area contributed by atoms with Gasteiger partial charge in [0, 0.05) is 123 Å². The number of carbonyl (C=O) groups excluding carboxylic acids is 4. The van der Waals surface area contributed by atoms with Gasteiger partial charge in [-0.25, -0.2) is 0 Å². The number of nitrogens with one attached hydrogen (secondary N) is 6. The Balaban J connectivity index is 0.000000179. The van der Waals surface area contributed by atoms with Crippen molar-refractivity contribution in [3.63, 3.8) is 0 Å². The third kappa shape index (κ3) is 25.4. The van der Waals surface area contributed by atoms with E-state index < -0.39 is 40.9 Å². The molecular formula is C94H97F6N11O6. The summed E-state index contributed by atoms with van der Waals surface area (Å²) < 4.78 is 89.8. The molecular weight excluding hydrogens is 1490 g/mol. The molecule has 17 nitrogen and oxygen atoms in total. The normalized spacial score (nSPS) is 12.1. The van der Waals surface area contributed by atoms with E-state index in [9.17, 15) is 45.5 Å². The van der Waals surface area contributed by atoms with Crippen LogP contribution in [-0.2, 0) is 31.5 Å².